The SMILES string of the molecule is CC(C(=O)N1CCC(NCC2CC2)CC1)C(N)c1ccccc1. The Morgan fingerprint density at radius 1 is 1.22 bits per heavy atom. The number of carbonyl (C=O) groups is 1. The van der Waals surface area contributed by atoms with Gasteiger partial charge < -0.3 is 16.0 Å². The highest BCUT2D eigenvalue weighted by molar-refractivity contribution is 5.79. The summed E-state index contributed by atoms with van der Waals surface area (Å²) in [4.78, 5) is 14.7. The molecule has 1 heterocycles. The Balaban J connectivity index is 1.48. The molecule has 126 valence electrons. The Morgan fingerprint density at radius 2 is 1.87 bits per heavy atom. The third-order valence-electron chi connectivity index (χ3n) is 5.31. The van der Waals surface area contributed by atoms with Crippen LogP contribution in [-0.4, -0.2) is 36.5 Å². The zero-order valence-corrected chi connectivity index (χ0v) is 14.1. The molecule has 3 N–H and O–H groups in total. The maximum absolute atomic E-state index is 12.7. The highest BCUT2D eigenvalue weighted by Gasteiger charge is 2.30. The van der Waals surface area contributed by atoms with E-state index >= 15 is 0 Å². The number of nitrogens with zero attached hydrogens (tertiary/aromatic N) is 1. The fourth-order valence-corrected chi connectivity index (χ4v) is 3.36. The molecule has 0 bridgehead atoms. The molecule has 0 aromatic heterocycles. The molecule has 1 saturated heterocycles. The van der Waals surface area contributed by atoms with Crippen LogP contribution in [0.2, 0.25) is 0 Å². The average Bonchev–Trinajstić information content (AvgIpc) is 3.43. The van der Waals surface area contributed by atoms with Gasteiger partial charge in [0.05, 0.1) is 5.92 Å². The summed E-state index contributed by atoms with van der Waals surface area (Å²) >= 11 is 0. The average molecular weight is 315 g/mol. The van der Waals surface area contributed by atoms with E-state index in [4.69, 9.17) is 5.73 Å². The smallest absolute Gasteiger partial charge is 0.227 e. The first-order valence-electron chi connectivity index (χ1n) is 8.98. The van der Waals surface area contributed by atoms with Crippen LogP contribution in [0.25, 0.3) is 0 Å². The fourth-order valence-electron chi connectivity index (χ4n) is 3.36. The molecule has 0 radical (unpaired) electrons. The number of amides is 1. The van der Waals surface area contributed by atoms with Crippen molar-refractivity contribution in [2.75, 3.05) is 19.6 Å². The number of hydrogen-bond acceptors (Lipinski definition) is 3. The van der Waals surface area contributed by atoms with E-state index in [1.807, 2.05) is 42.2 Å². The van der Waals surface area contributed by atoms with Gasteiger partial charge in [-0.2, -0.15) is 0 Å². The lowest BCUT2D eigenvalue weighted by Gasteiger charge is -2.35. The molecule has 0 spiro atoms. The normalized spacial score (nSPS) is 21.9. The monoisotopic (exact) mass is 315 g/mol. The summed E-state index contributed by atoms with van der Waals surface area (Å²) in [6.07, 6.45) is 4.90. The molecule has 1 aliphatic heterocycles. The summed E-state index contributed by atoms with van der Waals surface area (Å²) in [5, 5.41) is 3.66. The molecule has 23 heavy (non-hydrogen) atoms. The molecule has 1 aromatic rings. The van der Waals surface area contributed by atoms with Gasteiger partial charge in [-0.1, -0.05) is 37.3 Å². The number of likely N-dealkylation sites (tertiary alicyclic amines) is 1. The number of benzene rings is 1. The molecule has 2 aliphatic rings. The van der Waals surface area contributed by atoms with Gasteiger partial charge in [0.25, 0.3) is 0 Å². The number of carbonyl (C=O) groups excluding carboxylic acids is 1. The third-order valence-corrected chi connectivity index (χ3v) is 5.31. The van der Waals surface area contributed by atoms with Gasteiger partial charge in [-0.3, -0.25) is 4.79 Å². The maximum atomic E-state index is 12.7. The first kappa shape index (κ1) is 16.5. The van der Waals surface area contributed by atoms with Crippen LogP contribution in [0.15, 0.2) is 30.3 Å². The van der Waals surface area contributed by atoms with Gasteiger partial charge in [0.1, 0.15) is 0 Å². The Morgan fingerprint density at radius 3 is 2.48 bits per heavy atom. The van der Waals surface area contributed by atoms with Gasteiger partial charge in [0.15, 0.2) is 0 Å². The van der Waals surface area contributed by atoms with Crippen LogP contribution in [0.5, 0.6) is 0 Å². The van der Waals surface area contributed by atoms with Gasteiger partial charge >= 0.3 is 0 Å². The summed E-state index contributed by atoms with van der Waals surface area (Å²) in [5.74, 6) is 0.939. The molecule has 1 amide bonds. The summed E-state index contributed by atoms with van der Waals surface area (Å²) in [5.41, 5.74) is 7.34. The highest BCUT2D eigenvalue weighted by Crippen LogP contribution is 2.28. The van der Waals surface area contributed by atoms with Crippen molar-refractivity contribution in [3.05, 3.63) is 35.9 Å². The minimum Gasteiger partial charge on any atom is -0.342 e. The lowest BCUT2D eigenvalue weighted by molar-refractivity contribution is -0.136. The van der Waals surface area contributed by atoms with Crippen molar-refractivity contribution >= 4 is 5.91 Å². The lowest BCUT2D eigenvalue weighted by Crippen LogP contribution is -2.48. The molecule has 1 aromatic carbocycles. The van der Waals surface area contributed by atoms with E-state index < -0.39 is 0 Å². The second kappa shape index (κ2) is 7.45. The number of nitrogens with one attached hydrogen (secondary N) is 1. The topological polar surface area (TPSA) is 58.4 Å². The number of hydrogen-bond donors (Lipinski definition) is 2. The van der Waals surface area contributed by atoms with Gasteiger partial charge in [-0.05, 0) is 43.7 Å². The summed E-state index contributed by atoms with van der Waals surface area (Å²) in [7, 11) is 0. The van der Waals surface area contributed by atoms with Crippen molar-refractivity contribution in [1.82, 2.24) is 10.2 Å². The predicted octanol–water partition coefficient (Wildman–Crippen LogP) is 2.31. The van der Waals surface area contributed by atoms with E-state index in [0.29, 0.717) is 6.04 Å². The van der Waals surface area contributed by atoms with Crippen molar-refractivity contribution in [3.63, 3.8) is 0 Å². The molecule has 1 saturated carbocycles. The Kier molecular flexibility index (Phi) is 5.34. The van der Waals surface area contributed by atoms with E-state index in [1.165, 1.54) is 12.8 Å². The van der Waals surface area contributed by atoms with E-state index in [0.717, 1.165) is 44.0 Å². The Bertz CT molecular complexity index is 507. The quantitative estimate of drug-likeness (QED) is 0.847. The number of nitrogens with two attached hydrogens (primary N) is 1. The first-order valence-corrected chi connectivity index (χ1v) is 8.98. The number of piperidine rings is 1. The molecule has 2 unspecified atom stereocenters. The van der Waals surface area contributed by atoms with Gasteiger partial charge in [-0.15, -0.1) is 0 Å². The van der Waals surface area contributed by atoms with Gasteiger partial charge in [0, 0.05) is 25.2 Å². The van der Waals surface area contributed by atoms with Crippen molar-refractivity contribution < 1.29 is 4.79 Å². The lowest BCUT2D eigenvalue weighted by atomic mass is 9.93. The second-order valence-corrected chi connectivity index (χ2v) is 7.18. The molecule has 3 rings (SSSR count). The number of rotatable bonds is 6. The van der Waals surface area contributed by atoms with Crippen LogP contribution in [0.4, 0.5) is 0 Å². The van der Waals surface area contributed by atoms with Crippen LogP contribution in [-0.2, 0) is 4.79 Å². The van der Waals surface area contributed by atoms with E-state index in [1.54, 1.807) is 0 Å². The Labute approximate surface area is 139 Å². The fraction of sp³-hybridized carbons (Fsp3) is 0.632. The maximum Gasteiger partial charge on any atom is 0.227 e. The molecule has 4 nitrogen and oxygen atoms in total. The molecular formula is C19H29N3O. The third kappa shape index (κ3) is 4.33. The zero-order valence-electron chi connectivity index (χ0n) is 14.1. The summed E-state index contributed by atoms with van der Waals surface area (Å²) in [6.45, 7) is 4.82. The van der Waals surface area contributed by atoms with Gasteiger partial charge in [0.2, 0.25) is 5.91 Å². The van der Waals surface area contributed by atoms with Crippen LogP contribution in [0, 0.1) is 11.8 Å². The van der Waals surface area contributed by atoms with Crippen LogP contribution >= 0.6 is 0 Å². The first-order chi connectivity index (χ1) is 11.1. The van der Waals surface area contributed by atoms with E-state index in [2.05, 4.69) is 5.32 Å². The Hall–Kier alpha value is -1.39. The molecule has 2 atom stereocenters. The zero-order chi connectivity index (χ0) is 16.2. The molecular weight excluding hydrogens is 286 g/mol. The minimum absolute atomic E-state index is 0.173. The molecule has 2 fully saturated rings. The largest absolute Gasteiger partial charge is 0.342 e. The predicted molar refractivity (Wildman–Crippen MR) is 92.9 cm³/mol. The standard InChI is InChI=1S/C19H29N3O/c1-14(18(20)16-5-3-2-4-6-16)19(23)22-11-9-17(10-12-22)21-13-15-7-8-15/h2-6,14-15,17-18,21H,7-13,20H2,1H3. The van der Waals surface area contributed by atoms with Crippen LogP contribution < -0.4 is 11.1 Å². The van der Waals surface area contributed by atoms with Crippen molar-refractivity contribution in [2.24, 2.45) is 17.6 Å². The van der Waals surface area contributed by atoms with Crippen LogP contribution in [0.3, 0.4) is 0 Å². The highest BCUT2D eigenvalue weighted by atomic mass is 16.2. The second-order valence-electron chi connectivity index (χ2n) is 7.18. The van der Waals surface area contributed by atoms with E-state index in [-0.39, 0.29) is 17.9 Å². The van der Waals surface area contributed by atoms with Gasteiger partial charge in [-0.25, -0.2) is 0 Å². The van der Waals surface area contributed by atoms with E-state index in [9.17, 15) is 4.79 Å². The van der Waals surface area contributed by atoms with Crippen molar-refractivity contribution in [1.29, 1.82) is 0 Å². The van der Waals surface area contributed by atoms with Crippen molar-refractivity contribution in [2.45, 2.75) is 44.7 Å². The summed E-state index contributed by atoms with van der Waals surface area (Å²) < 4.78 is 0. The molecule has 1 aliphatic carbocycles. The van der Waals surface area contributed by atoms with Crippen molar-refractivity contribution in [3.8, 4) is 0 Å². The summed E-state index contributed by atoms with van der Waals surface area (Å²) in [6, 6.07) is 10.3. The van der Waals surface area contributed by atoms with Crippen LogP contribution in [0.1, 0.15) is 44.2 Å². The minimum atomic E-state index is -0.227. The molecule has 4 heteroatoms.